The summed E-state index contributed by atoms with van der Waals surface area (Å²) in [7, 11) is 0. The van der Waals surface area contributed by atoms with Crippen LogP contribution in [0.2, 0.25) is 0 Å². The zero-order valence-corrected chi connectivity index (χ0v) is 16.5. The Morgan fingerprint density at radius 1 is 1.27 bits per heavy atom. The summed E-state index contributed by atoms with van der Waals surface area (Å²) in [6, 6.07) is 6.45. The van der Waals surface area contributed by atoms with Crippen LogP contribution < -0.4 is 5.32 Å². The van der Waals surface area contributed by atoms with Crippen LogP contribution in [0.25, 0.3) is 0 Å². The van der Waals surface area contributed by atoms with E-state index in [9.17, 15) is 14.4 Å². The molecule has 2 amide bonds. The van der Waals surface area contributed by atoms with E-state index in [4.69, 9.17) is 17.0 Å². The van der Waals surface area contributed by atoms with Crippen molar-refractivity contribution in [3.8, 4) is 0 Å². The Hall–Kier alpha value is -1.93. The summed E-state index contributed by atoms with van der Waals surface area (Å²) in [5.41, 5.74) is 0.967. The van der Waals surface area contributed by atoms with Gasteiger partial charge in [-0.25, -0.2) is 4.79 Å². The molecule has 8 heteroatoms. The van der Waals surface area contributed by atoms with Gasteiger partial charge in [0.1, 0.15) is 10.9 Å². The summed E-state index contributed by atoms with van der Waals surface area (Å²) in [5.74, 6) is -0.842. The summed E-state index contributed by atoms with van der Waals surface area (Å²) in [6.45, 7) is 4.22. The lowest BCUT2D eigenvalue weighted by atomic mass is 10.2. The van der Waals surface area contributed by atoms with Crippen LogP contribution in [0.5, 0.6) is 0 Å². The second-order valence-electron chi connectivity index (χ2n) is 5.82. The number of hydrogen-bond donors (Lipinski definition) is 1. The van der Waals surface area contributed by atoms with E-state index in [-0.39, 0.29) is 29.6 Å². The van der Waals surface area contributed by atoms with Gasteiger partial charge < -0.3 is 10.1 Å². The Morgan fingerprint density at radius 2 is 1.96 bits per heavy atom. The van der Waals surface area contributed by atoms with E-state index in [0.29, 0.717) is 28.6 Å². The molecular formula is C18H22N2O4S2. The number of anilines is 1. The largest absolute Gasteiger partial charge is 0.462 e. The topological polar surface area (TPSA) is 75.7 Å². The first-order valence-electron chi connectivity index (χ1n) is 8.55. The Labute approximate surface area is 162 Å². The zero-order chi connectivity index (χ0) is 19.1. The van der Waals surface area contributed by atoms with E-state index in [2.05, 4.69) is 5.32 Å². The Morgan fingerprint density at radius 3 is 2.54 bits per heavy atom. The third-order valence-corrected chi connectivity index (χ3v) is 5.56. The molecule has 0 radical (unpaired) electrons. The third kappa shape index (κ3) is 5.28. The molecule has 0 aromatic heterocycles. The number of esters is 1. The quantitative estimate of drug-likeness (QED) is 0.414. The van der Waals surface area contributed by atoms with Crippen LogP contribution >= 0.6 is 24.0 Å². The highest BCUT2D eigenvalue weighted by atomic mass is 32.2. The average Bonchev–Trinajstić information content (AvgIpc) is 2.90. The maximum atomic E-state index is 12.2. The van der Waals surface area contributed by atoms with Crippen molar-refractivity contribution in [1.82, 2.24) is 4.90 Å². The molecule has 0 bridgehead atoms. The van der Waals surface area contributed by atoms with Crippen LogP contribution in [-0.2, 0) is 14.3 Å². The standard InChI is InChI=1S/C18H22N2O4S2/c1-3-5-10-24-17(23)12-6-8-13(9-7-12)19-15(21)11-20-16(22)14(4-2)26-18(20)25/h6-9,14H,3-5,10-11H2,1-2H3,(H,19,21). The van der Waals surface area contributed by atoms with E-state index in [1.807, 2.05) is 13.8 Å². The minimum Gasteiger partial charge on any atom is -0.462 e. The molecule has 6 nitrogen and oxygen atoms in total. The number of nitrogens with one attached hydrogen (secondary N) is 1. The van der Waals surface area contributed by atoms with Gasteiger partial charge in [-0.1, -0.05) is 44.2 Å². The predicted octanol–water partition coefficient (Wildman–Crippen LogP) is 3.22. The van der Waals surface area contributed by atoms with Crippen LogP contribution in [-0.4, -0.2) is 45.4 Å². The number of ether oxygens (including phenoxy) is 1. The number of hydrogen-bond acceptors (Lipinski definition) is 6. The molecule has 1 aromatic rings. The van der Waals surface area contributed by atoms with Gasteiger partial charge in [0.2, 0.25) is 11.8 Å². The second kappa shape index (κ2) is 9.68. The average molecular weight is 395 g/mol. The van der Waals surface area contributed by atoms with E-state index in [1.54, 1.807) is 24.3 Å². The van der Waals surface area contributed by atoms with Gasteiger partial charge in [-0.2, -0.15) is 0 Å². The third-order valence-electron chi connectivity index (χ3n) is 3.81. The molecule has 0 spiro atoms. The van der Waals surface area contributed by atoms with Gasteiger partial charge in [0.25, 0.3) is 0 Å². The van der Waals surface area contributed by atoms with Gasteiger partial charge in [0, 0.05) is 5.69 Å². The maximum absolute atomic E-state index is 12.2. The molecule has 1 saturated heterocycles. The van der Waals surface area contributed by atoms with Crippen LogP contribution in [0.4, 0.5) is 5.69 Å². The zero-order valence-electron chi connectivity index (χ0n) is 14.8. The smallest absolute Gasteiger partial charge is 0.338 e. The Kier molecular flexibility index (Phi) is 7.59. The molecule has 1 unspecified atom stereocenters. The van der Waals surface area contributed by atoms with Crippen LogP contribution in [0, 0.1) is 0 Å². The van der Waals surface area contributed by atoms with Crippen molar-refractivity contribution in [1.29, 1.82) is 0 Å². The number of carbonyl (C=O) groups excluding carboxylic acids is 3. The predicted molar refractivity (Wildman–Crippen MR) is 106 cm³/mol. The van der Waals surface area contributed by atoms with Crippen LogP contribution in [0.1, 0.15) is 43.5 Å². The summed E-state index contributed by atoms with van der Waals surface area (Å²) >= 11 is 6.49. The fourth-order valence-electron chi connectivity index (χ4n) is 2.33. The van der Waals surface area contributed by atoms with Crippen molar-refractivity contribution in [2.45, 2.75) is 38.4 Å². The summed E-state index contributed by atoms with van der Waals surface area (Å²) in [6.07, 6.45) is 2.46. The number of thioether (sulfide) groups is 1. The molecule has 1 atom stereocenters. The van der Waals surface area contributed by atoms with E-state index >= 15 is 0 Å². The molecule has 1 fully saturated rings. The van der Waals surface area contributed by atoms with Gasteiger partial charge >= 0.3 is 5.97 Å². The molecule has 140 valence electrons. The molecule has 2 rings (SSSR count). The summed E-state index contributed by atoms with van der Waals surface area (Å²) < 4.78 is 5.57. The molecular weight excluding hydrogens is 372 g/mol. The number of rotatable bonds is 8. The van der Waals surface area contributed by atoms with Crippen molar-refractivity contribution in [3.05, 3.63) is 29.8 Å². The minimum absolute atomic E-state index is 0.109. The number of nitrogens with zero attached hydrogens (tertiary/aromatic N) is 1. The number of amides is 2. The molecule has 1 aromatic carbocycles. The first-order valence-corrected chi connectivity index (χ1v) is 9.84. The molecule has 1 aliphatic rings. The van der Waals surface area contributed by atoms with Gasteiger partial charge in [-0.05, 0) is 37.1 Å². The van der Waals surface area contributed by atoms with Crippen molar-refractivity contribution in [2.75, 3.05) is 18.5 Å². The fraction of sp³-hybridized carbons (Fsp3) is 0.444. The molecule has 1 heterocycles. The number of thiocarbonyl (C=S) groups is 1. The maximum Gasteiger partial charge on any atom is 0.338 e. The molecule has 1 aliphatic heterocycles. The highest BCUT2D eigenvalue weighted by Gasteiger charge is 2.36. The van der Waals surface area contributed by atoms with E-state index in [1.165, 1.54) is 16.7 Å². The van der Waals surface area contributed by atoms with Crippen LogP contribution in [0.15, 0.2) is 24.3 Å². The minimum atomic E-state index is -0.382. The highest BCUT2D eigenvalue weighted by Crippen LogP contribution is 2.29. The highest BCUT2D eigenvalue weighted by molar-refractivity contribution is 8.24. The molecule has 26 heavy (non-hydrogen) atoms. The van der Waals surface area contributed by atoms with Crippen molar-refractivity contribution in [3.63, 3.8) is 0 Å². The summed E-state index contributed by atoms with van der Waals surface area (Å²) in [4.78, 5) is 37.5. The normalized spacial score (nSPS) is 16.7. The van der Waals surface area contributed by atoms with Gasteiger partial charge in [-0.3, -0.25) is 14.5 Å². The first-order chi connectivity index (χ1) is 12.5. The molecule has 0 aliphatic carbocycles. The van der Waals surface area contributed by atoms with Crippen LogP contribution in [0.3, 0.4) is 0 Å². The Bertz CT molecular complexity index is 691. The van der Waals surface area contributed by atoms with Gasteiger partial charge in [-0.15, -0.1) is 0 Å². The second-order valence-corrected chi connectivity index (χ2v) is 7.66. The lowest BCUT2D eigenvalue weighted by Crippen LogP contribution is -2.38. The van der Waals surface area contributed by atoms with Crippen molar-refractivity contribution in [2.24, 2.45) is 0 Å². The molecule has 0 saturated carbocycles. The number of benzene rings is 1. The lowest BCUT2D eigenvalue weighted by molar-refractivity contribution is -0.129. The van der Waals surface area contributed by atoms with Gasteiger partial charge in [0.15, 0.2) is 0 Å². The SMILES string of the molecule is CCCCOC(=O)c1ccc(NC(=O)CN2C(=O)C(CC)SC2=S)cc1. The number of unbranched alkanes of at least 4 members (excludes halogenated alkanes) is 1. The lowest BCUT2D eigenvalue weighted by Gasteiger charge is -2.15. The van der Waals surface area contributed by atoms with Crippen molar-refractivity contribution >= 4 is 51.8 Å². The number of carbonyl (C=O) groups is 3. The van der Waals surface area contributed by atoms with E-state index in [0.717, 1.165) is 12.8 Å². The van der Waals surface area contributed by atoms with Gasteiger partial charge in [0.05, 0.1) is 17.4 Å². The van der Waals surface area contributed by atoms with Crippen molar-refractivity contribution < 1.29 is 19.1 Å². The molecule has 1 N–H and O–H groups in total. The first kappa shape index (κ1) is 20.4. The summed E-state index contributed by atoms with van der Waals surface area (Å²) in [5, 5.41) is 2.51. The Balaban J connectivity index is 1.88. The monoisotopic (exact) mass is 394 g/mol. The van der Waals surface area contributed by atoms with E-state index < -0.39 is 0 Å². The fourth-order valence-corrected chi connectivity index (χ4v) is 3.75.